The van der Waals surface area contributed by atoms with Gasteiger partial charge in [-0.1, -0.05) is 42.5 Å². The van der Waals surface area contributed by atoms with Crippen LogP contribution < -0.4 is 10.1 Å². The number of carbonyl (C=O) groups excluding carboxylic acids is 4. The number of amides is 3. The molecule has 1 N–H and O–H groups in total. The molecule has 0 saturated carbocycles. The lowest BCUT2D eigenvalue weighted by molar-refractivity contribution is -0.385. The highest BCUT2D eigenvalue weighted by Crippen LogP contribution is 2.31. The Hall–Kier alpha value is -5.06. The van der Waals surface area contributed by atoms with E-state index in [-0.39, 0.29) is 5.56 Å². The summed E-state index contributed by atoms with van der Waals surface area (Å²) >= 11 is 0. The zero-order valence-electron chi connectivity index (χ0n) is 18.9. The summed E-state index contributed by atoms with van der Waals surface area (Å²) in [6, 6.07) is 18.4. The lowest BCUT2D eigenvalue weighted by Crippen LogP contribution is -2.37. The van der Waals surface area contributed by atoms with Crippen LogP contribution in [0.1, 0.15) is 32.4 Å². The van der Waals surface area contributed by atoms with Crippen molar-refractivity contribution >= 4 is 35.1 Å². The van der Waals surface area contributed by atoms with E-state index in [0.717, 1.165) is 6.07 Å². The number of nitro benzene ring substituents is 1. The van der Waals surface area contributed by atoms with Crippen molar-refractivity contribution in [3.05, 3.63) is 99.6 Å². The molecule has 0 radical (unpaired) electrons. The van der Waals surface area contributed by atoms with Gasteiger partial charge in [0.2, 0.25) is 6.10 Å². The first-order valence-corrected chi connectivity index (χ1v) is 10.6. The summed E-state index contributed by atoms with van der Waals surface area (Å²) in [5, 5.41) is 13.9. The molecular weight excluding hydrogens is 470 g/mol. The van der Waals surface area contributed by atoms with Gasteiger partial charge in [0.05, 0.1) is 17.6 Å². The van der Waals surface area contributed by atoms with Crippen LogP contribution in [0.3, 0.4) is 0 Å². The number of nitrogens with one attached hydrogen (secondary N) is 1. The fourth-order valence-electron chi connectivity index (χ4n) is 3.72. The van der Waals surface area contributed by atoms with Gasteiger partial charge in [-0.2, -0.15) is 0 Å². The lowest BCUT2D eigenvalue weighted by Gasteiger charge is -2.20. The van der Waals surface area contributed by atoms with Gasteiger partial charge in [0.1, 0.15) is 17.9 Å². The second-order valence-electron chi connectivity index (χ2n) is 7.66. The largest absolute Gasteiger partial charge is 0.497 e. The monoisotopic (exact) mass is 489 g/mol. The number of hydrogen-bond donors (Lipinski definition) is 1. The molecule has 1 unspecified atom stereocenters. The van der Waals surface area contributed by atoms with Gasteiger partial charge in [0.15, 0.2) is 0 Å². The summed E-state index contributed by atoms with van der Waals surface area (Å²) in [5.41, 5.74) is -0.372. The SMILES string of the molecule is COc1cccc(NC(=O)C(OC(=O)CN2C(=O)c3cccc([N+](=O)[O-])c3C2=O)c2ccccc2)c1. The van der Waals surface area contributed by atoms with Crippen LogP contribution in [0.2, 0.25) is 0 Å². The van der Waals surface area contributed by atoms with Crippen LogP contribution in [0.15, 0.2) is 72.8 Å². The smallest absolute Gasteiger partial charge is 0.327 e. The third kappa shape index (κ3) is 4.75. The second-order valence-corrected chi connectivity index (χ2v) is 7.66. The van der Waals surface area contributed by atoms with Crippen LogP contribution >= 0.6 is 0 Å². The molecule has 11 heteroatoms. The number of rotatable bonds is 8. The van der Waals surface area contributed by atoms with Gasteiger partial charge < -0.3 is 14.8 Å². The summed E-state index contributed by atoms with van der Waals surface area (Å²) in [6.45, 7) is -0.834. The molecule has 0 saturated heterocycles. The van der Waals surface area contributed by atoms with Gasteiger partial charge in [0.25, 0.3) is 23.4 Å². The van der Waals surface area contributed by atoms with Crippen LogP contribution in [0.5, 0.6) is 5.75 Å². The molecule has 1 aliphatic heterocycles. The molecule has 4 rings (SSSR count). The van der Waals surface area contributed by atoms with E-state index in [2.05, 4.69) is 5.32 Å². The maximum Gasteiger partial charge on any atom is 0.327 e. The minimum absolute atomic E-state index is 0.183. The minimum Gasteiger partial charge on any atom is -0.497 e. The number of carbonyl (C=O) groups is 4. The van der Waals surface area contributed by atoms with Gasteiger partial charge in [-0.25, -0.2) is 0 Å². The van der Waals surface area contributed by atoms with Crippen molar-refractivity contribution in [2.75, 3.05) is 19.0 Å². The van der Waals surface area contributed by atoms with Crippen LogP contribution in [-0.2, 0) is 14.3 Å². The Morgan fingerprint density at radius 3 is 2.42 bits per heavy atom. The van der Waals surface area contributed by atoms with E-state index in [1.807, 2.05) is 0 Å². The molecule has 182 valence electrons. The summed E-state index contributed by atoms with van der Waals surface area (Å²) in [6.07, 6.45) is -1.41. The molecule has 3 amide bonds. The van der Waals surface area contributed by atoms with E-state index in [9.17, 15) is 29.3 Å². The fraction of sp³-hybridized carbons (Fsp3) is 0.120. The minimum atomic E-state index is -1.41. The summed E-state index contributed by atoms with van der Waals surface area (Å²) in [5.74, 6) is -3.09. The van der Waals surface area contributed by atoms with Crippen molar-refractivity contribution < 1.29 is 33.6 Å². The zero-order chi connectivity index (χ0) is 25.8. The van der Waals surface area contributed by atoms with Gasteiger partial charge in [-0.15, -0.1) is 0 Å². The number of ether oxygens (including phenoxy) is 2. The number of nitro groups is 1. The fourth-order valence-corrected chi connectivity index (χ4v) is 3.72. The predicted molar refractivity (Wildman–Crippen MR) is 125 cm³/mol. The van der Waals surface area contributed by atoms with Crippen molar-refractivity contribution in [3.8, 4) is 5.75 Å². The molecule has 0 aromatic heterocycles. The van der Waals surface area contributed by atoms with Gasteiger partial charge in [0, 0.05) is 23.4 Å². The Balaban J connectivity index is 1.54. The van der Waals surface area contributed by atoms with Crippen molar-refractivity contribution in [3.63, 3.8) is 0 Å². The lowest BCUT2D eigenvalue weighted by atomic mass is 10.1. The van der Waals surface area contributed by atoms with Crippen molar-refractivity contribution in [1.82, 2.24) is 4.90 Å². The molecule has 1 atom stereocenters. The number of methoxy groups -OCH3 is 1. The summed E-state index contributed by atoms with van der Waals surface area (Å²) in [4.78, 5) is 62.4. The molecule has 36 heavy (non-hydrogen) atoms. The maximum atomic E-state index is 13.1. The highest BCUT2D eigenvalue weighted by molar-refractivity contribution is 6.24. The normalized spacial score (nSPS) is 13.1. The van der Waals surface area contributed by atoms with Crippen LogP contribution in [0, 0.1) is 10.1 Å². The molecule has 1 heterocycles. The molecule has 3 aromatic carbocycles. The topological polar surface area (TPSA) is 145 Å². The van der Waals surface area contributed by atoms with Gasteiger partial charge >= 0.3 is 5.97 Å². The number of nitrogens with zero attached hydrogens (tertiary/aromatic N) is 2. The average Bonchev–Trinajstić information content (AvgIpc) is 3.12. The molecule has 11 nitrogen and oxygen atoms in total. The molecule has 1 aliphatic rings. The number of hydrogen-bond acceptors (Lipinski definition) is 8. The van der Waals surface area contributed by atoms with Crippen molar-refractivity contribution in [1.29, 1.82) is 0 Å². The Morgan fingerprint density at radius 1 is 1.00 bits per heavy atom. The van der Waals surface area contributed by atoms with Crippen LogP contribution in [-0.4, -0.2) is 47.2 Å². The first kappa shape index (κ1) is 24.1. The Morgan fingerprint density at radius 2 is 1.72 bits per heavy atom. The number of esters is 1. The maximum absolute atomic E-state index is 13.1. The van der Waals surface area contributed by atoms with E-state index < -0.39 is 52.5 Å². The number of imide groups is 1. The van der Waals surface area contributed by atoms with Crippen molar-refractivity contribution in [2.45, 2.75) is 6.10 Å². The first-order valence-electron chi connectivity index (χ1n) is 10.6. The number of benzene rings is 3. The summed E-state index contributed by atoms with van der Waals surface area (Å²) < 4.78 is 10.5. The van der Waals surface area contributed by atoms with E-state index in [1.165, 1.54) is 19.2 Å². The van der Waals surface area contributed by atoms with Crippen LogP contribution in [0.25, 0.3) is 0 Å². The Kier molecular flexibility index (Phi) is 6.72. The second kappa shape index (κ2) is 10.1. The summed E-state index contributed by atoms with van der Waals surface area (Å²) in [7, 11) is 1.48. The molecule has 0 aliphatic carbocycles. The third-order valence-electron chi connectivity index (χ3n) is 5.39. The number of anilines is 1. The van der Waals surface area contributed by atoms with Crippen molar-refractivity contribution in [2.24, 2.45) is 0 Å². The Bertz CT molecular complexity index is 1370. The Labute approximate surface area is 204 Å². The third-order valence-corrected chi connectivity index (χ3v) is 5.39. The molecule has 0 fully saturated rings. The standard InChI is InChI=1S/C25H19N3O8/c1-35-17-10-5-9-16(13-17)26-23(30)22(15-7-3-2-4-8-15)36-20(29)14-27-24(31)18-11-6-12-19(28(33)34)21(18)25(27)32/h2-13,22H,14H2,1H3,(H,26,30). The van der Waals surface area contributed by atoms with E-state index in [0.29, 0.717) is 21.9 Å². The highest BCUT2D eigenvalue weighted by atomic mass is 16.6. The van der Waals surface area contributed by atoms with E-state index in [1.54, 1.807) is 54.6 Å². The molecule has 3 aromatic rings. The number of fused-ring (bicyclic) bond motifs is 1. The average molecular weight is 489 g/mol. The predicted octanol–water partition coefficient (Wildman–Crippen LogP) is 3.12. The van der Waals surface area contributed by atoms with Gasteiger partial charge in [-0.05, 0) is 18.2 Å². The molecular formula is C25H19N3O8. The van der Waals surface area contributed by atoms with E-state index in [4.69, 9.17) is 9.47 Å². The van der Waals surface area contributed by atoms with E-state index >= 15 is 0 Å². The quantitative estimate of drug-likeness (QED) is 0.220. The van der Waals surface area contributed by atoms with Crippen LogP contribution in [0.4, 0.5) is 11.4 Å². The van der Waals surface area contributed by atoms with Gasteiger partial charge in [-0.3, -0.25) is 34.2 Å². The first-order chi connectivity index (χ1) is 17.3. The molecule has 0 spiro atoms. The highest BCUT2D eigenvalue weighted by Gasteiger charge is 2.42. The zero-order valence-corrected chi connectivity index (χ0v) is 18.9. The molecule has 0 bridgehead atoms.